The minimum absolute atomic E-state index is 0.503. The summed E-state index contributed by atoms with van der Waals surface area (Å²) in [7, 11) is 0. The first-order valence-corrected chi connectivity index (χ1v) is 4.90. The van der Waals surface area contributed by atoms with Crippen molar-refractivity contribution in [2.45, 2.75) is 12.7 Å². The monoisotopic (exact) mass is 356 g/mol. The molecule has 0 saturated heterocycles. The SMILES string of the molecule is FC(F)(F)OCBr.FC(F)(F)OCBr. The predicted octanol–water partition coefficient (Wildman–Crippen LogP) is 3.75. The molecule has 0 aliphatic rings. The molecule has 0 aromatic heterocycles. The Morgan fingerprint density at radius 1 is 0.714 bits per heavy atom. The third kappa shape index (κ3) is 22.9. The van der Waals surface area contributed by atoms with Crippen molar-refractivity contribution in [3.05, 3.63) is 0 Å². The van der Waals surface area contributed by atoms with Crippen LogP contribution < -0.4 is 0 Å². The Morgan fingerprint density at radius 2 is 0.929 bits per heavy atom. The van der Waals surface area contributed by atoms with Crippen LogP contribution in [0.5, 0.6) is 0 Å². The minimum atomic E-state index is -4.50. The van der Waals surface area contributed by atoms with Crippen LogP contribution in [0.25, 0.3) is 0 Å². The van der Waals surface area contributed by atoms with Gasteiger partial charge in [-0.05, 0) is 0 Å². The lowest BCUT2D eigenvalue weighted by molar-refractivity contribution is -0.315. The van der Waals surface area contributed by atoms with E-state index in [1.165, 1.54) is 0 Å². The van der Waals surface area contributed by atoms with E-state index in [2.05, 4.69) is 41.3 Å². The van der Waals surface area contributed by atoms with Crippen LogP contribution in [0.15, 0.2) is 0 Å². The summed E-state index contributed by atoms with van der Waals surface area (Å²) in [6.07, 6.45) is -8.99. The summed E-state index contributed by atoms with van der Waals surface area (Å²) in [4.78, 5) is 0. The van der Waals surface area contributed by atoms with E-state index in [9.17, 15) is 26.3 Å². The van der Waals surface area contributed by atoms with Gasteiger partial charge in [0.15, 0.2) is 0 Å². The smallest absolute Gasteiger partial charge is 0.280 e. The maximum atomic E-state index is 10.8. The molecule has 0 aliphatic heterocycles. The summed E-state index contributed by atoms with van der Waals surface area (Å²) >= 11 is 4.89. The Morgan fingerprint density at radius 3 is 0.929 bits per heavy atom. The Hall–Kier alpha value is 0.460. The third-order valence-electron chi connectivity index (χ3n) is 0.436. The number of ether oxygens (including phenoxy) is 2. The zero-order chi connectivity index (χ0) is 11.8. The van der Waals surface area contributed by atoms with Crippen LogP contribution in [-0.2, 0) is 9.47 Å². The van der Waals surface area contributed by atoms with Crippen molar-refractivity contribution in [2.24, 2.45) is 0 Å². The van der Waals surface area contributed by atoms with Crippen LogP contribution in [0.3, 0.4) is 0 Å². The molecule has 0 aliphatic carbocycles. The molecular weight excluding hydrogens is 354 g/mol. The summed E-state index contributed by atoms with van der Waals surface area (Å²) in [6.45, 7) is 0. The highest BCUT2D eigenvalue weighted by Gasteiger charge is 2.28. The van der Waals surface area contributed by atoms with Crippen molar-refractivity contribution in [2.75, 3.05) is 11.0 Å². The van der Waals surface area contributed by atoms with Crippen molar-refractivity contribution < 1.29 is 35.8 Å². The van der Waals surface area contributed by atoms with Gasteiger partial charge in [0.1, 0.15) is 11.0 Å². The van der Waals surface area contributed by atoms with Crippen LogP contribution in [-0.4, -0.2) is 23.8 Å². The summed E-state index contributed by atoms with van der Waals surface area (Å²) in [6, 6.07) is 0. The van der Waals surface area contributed by atoms with E-state index in [4.69, 9.17) is 0 Å². The number of alkyl halides is 8. The molecule has 0 atom stereocenters. The highest BCUT2D eigenvalue weighted by atomic mass is 79.9. The van der Waals surface area contributed by atoms with Crippen molar-refractivity contribution in [1.82, 2.24) is 0 Å². The first-order valence-electron chi connectivity index (χ1n) is 2.65. The molecule has 0 aromatic carbocycles. The van der Waals surface area contributed by atoms with Crippen LogP contribution in [0.2, 0.25) is 0 Å². The Bertz CT molecular complexity index is 119. The number of halogens is 8. The first-order chi connectivity index (χ1) is 6.12. The van der Waals surface area contributed by atoms with E-state index in [1.807, 2.05) is 0 Å². The maximum absolute atomic E-state index is 10.8. The van der Waals surface area contributed by atoms with Gasteiger partial charge in [0.25, 0.3) is 0 Å². The summed E-state index contributed by atoms with van der Waals surface area (Å²) < 4.78 is 71.1. The summed E-state index contributed by atoms with van der Waals surface area (Å²) in [5.74, 6) is 0. The fourth-order valence-corrected chi connectivity index (χ4v) is 0.643. The van der Waals surface area contributed by atoms with Crippen LogP contribution in [0.1, 0.15) is 0 Å². The van der Waals surface area contributed by atoms with Gasteiger partial charge < -0.3 is 0 Å². The van der Waals surface area contributed by atoms with Crippen LogP contribution >= 0.6 is 31.9 Å². The molecule has 2 nitrogen and oxygen atoms in total. The van der Waals surface area contributed by atoms with Gasteiger partial charge >= 0.3 is 12.7 Å². The standard InChI is InChI=1S/2C2H2BrF3O/c2*3-1-7-2(4,5)6/h2*1H2. The number of hydrogen-bond acceptors (Lipinski definition) is 2. The first kappa shape index (κ1) is 16.9. The topological polar surface area (TPSA) is 18.5 Å². The molecule has 14 heavy (non-hydrogen) atoms. The molecule has 0 N–H and O–H groups in total. The van der Waals surface area contributed by atoms with Gasteiger partial charge in [-0.25, -0.2) is 0 Å². The molecule has 88 valence electrons. The highest BCUT2D eigenvalue weighted by Crippen LogP contribution is 2.16. The Kier molecular flexibility index (Phi) is 9.30. The number of rotatable bonds is 2. The van der Waals surface area contributed by atoms with Crippen LogP contribution in [0.4, 0.5) is 26.3 Å². The normalized spacial score (nSPS) is 12.0. The molecule has 0 fully saturated rings. The third-order valence-corrected chi connectivity index (χ3v) is 0.894. The van der Waals surface area contributed by atoms with E-state index in [0.717, 1.165) is 0 Å². The molecule has 0 radical (unpaired) electrons. The van der Waals surface area contributed by atoms with E-state index in [-0.39, 0.29) is 0 Å². The van der Waals surface area contributed by atoms with E-state index < -0.39 is 23.8 Å². The van der Waals surface area contributed by atoms with Gasteiger partial charge in [-0.3, -0.25) is 9.47 Å². The molecule has 0 saturated carbocycles. The van der Waals surface area contributed by atoms with Gasteiger partial charge in [-0.2, -0.15) is 0 Å². The lowest BCUT2D eigenvalue weighted by Gasteiger charge is -2.00. The van der Waals surface area contributed by atoms with Crippen molar-refractivity contribution in [3.8, 4) is 0 Å². The van der Waals surface area contributed by atoms with Crippen molar-refractivity contribution in [1.29, 1.82) is 0 Å². The van der Waals surface area contributed by atoms with Crippen LogP contribution in [0, 0.1) is 0 Å². The van der Waals surface area contributed by atoms with Gasteiger partial charge in [-0.15, -0.1) is 26.3 Å². The van der Waals surface area contributed by atoms with Gasteiger partial charge in [0.05, 0.1) is 0 Å². The summed E-state index contributed by atoms with van der Waals surface area (Å²) in [5.41, 5.74) is -1.01. The molecule has 0 rings (SSSR count). The predicted molar refractivity (Wildman–Crippen MR) is 41.9 cm³/mol. The molecule has 10 heteroatoms. The lowest BCUT2D eigenvalue weighted by Crippen LogP contribution is -2.11. The Labute approximate surface area is 91.8 Å². The second-order valence-corrected chi connectivity index (χ2v) is 2.31. The average Bonchev–Trinajstić information content (AvgIpc) is 1.81. The minimum Gasteiger partial charge on any atom is -0.280 e. The molecule has 0 unspecified atom stereocenters. The highest BCUT2D eigenvalue weighted by molar-refractivity contribution is 9.09. The van der Waals surface area contributed by atoms with E-state index >= 15 is 0 Å². The molecule has 0 amide bonds. The zero-order valence-corrected chi connectivity index (χ0v) is 9.43. The largest absolute Gasteiger partial charge is 0.523 e. The lowest BCUT2D eigenvalue weighted by atomic mass is 11.3. The van der Waals surface area contributed by atoms with E-state index in [0.29, 0.717) is 0 Å². The molecule has 0 bridgehead atoms. The van der Waals surface area contributed by atoms with Crippen molar-refractivity contribution >= 4 is 31.9 Å². The summed E-state index contributed by atoms with van der Waals surface area (Å²) in [5, 5.41) is 0. The second-order valence-electron chi connectivity index (χ2n) is 1.40. The number of hydrogen-bond donors (Lipinski definition) is 0. The fraction of sp³-hybridized carbons (Fsp3) is 1.00. The average molecular weight is 358 g/mol. The second kappa shape index (κ2) is 7.71. The van der Waals surface area contributed by atoms with E-state index in [1.54, 1.807) is 0 Å². The quantitative estimate of drug-likeness (QED) is 0.553. The fourth-order valence-electron chi connectivity index (χ4n) is 0.124. The van der Waals surface area contributed by atoms with Crippen molar-refractivity contribution in [3.63, 3.8) is 0 Å². The van der Waals surface area contributed by atoms with Gasteiger partial charge in [-0.1, -0.05) is 31.9 Å². The molecule has 0 aromatic rings. The maximum Gasteiger partial charge on any atom is 0.523 e. The van der Waals surface area contributed by atoms with Gasteiger partial charge in [0, 0.05) is 0 Å². The molecule has 0 spiro atoms. The zero-order valence-electron chi connectivity index (χ0n) is 6.25. The Balaban J connectivity index is 0. The molecule has 0 heterocycles. The van der Waals surface area contributed by atoms with Gasteiger partial charge in [0.2, 0.25) is 0 Å². The molecular formula is C4H4Br2F6O2.